The van der Waals surface area contributed by atoms with Crippen LogP contribution in [0, 0.1) is 0 Å². The average Bonchev–Trinajstić information content (AvgIpc) is 2.52. The van der Waals surface area contributed by atoms with Gasteiger partial charge in [0, 0.05) is 20.3 Å². The molecule has 0 aliphatic rings. The minimum Gasteiger partial charge on any atom is -0.385 e. The number of nitrogens with two attached hydrogens (primary N) is 1. The van der Waals surface area contributed by atoms with E-state index in [4.69, 9.17) is 10.5 Å². The van der Waals surface area contributed by atoms with Gasteiger partial charge in [-0.2, -0.15) is 5.10 Å². The summed E-state index contributed by atoms with van der Waals surface area (Å²) >= 11 is 0. The highest BCUT2D eigenvalue weighted by molar-refractivity contribution is 5.59. The maximum absolute atomic E-state index is 5.58. The van der Waals surface area contributed by atoms with E-state index in [0.717, 1.165) is 31.7 Å². The van der Waals surface area contributed by atoms with E-state index in [-0.39, 0.29) is 0 Å². The zero-order valence-electron chi connectivity index (χ0n) is 7.84. The molecule has 1 aromatic rings. The van der Waals surface area contributed by atoms with Crippen LogP contribution in [0.4, 0.5) is 11.5 Å². The number of rotatable bonds is 6. The standard InChI is InChI=1S/C8H16N4O/c1-13-5-3-2-4-10-7-6-11-12-8(7)9/h6,10H,2-5H2,1H3,(H3,9,11,12). The van der Waals surface area contributed by atoms with Gasteiger partial charge in [-0.05, 0) is 12.8 Å². The molecule has 0 bridgehead atoms. The van der Waals surface area contributed by atoms with Crippen LogP contribution in [0.1, 0.15) is 12.8 Å². The molecule has 4 N–H and O–H groups in total. The van der Waals surface area contributed by atoms with Crippen molar-refractivity contribution >= 4 is 11.5 Å². The smallest absolute Gasteiger partial charge is 0.142 e. The van der Waals surface area contributed by atoms with Gasteiger partial charge in [-0.3, -0.25) is 5.10 Å². The topological polar surface area (TPSA) is 76.0 Å². The SMILES string of the molecule is COCCCCNc1cn[nH]c1N. The number of H-pyrrole nitrogens is 1. The normalized spacial score (nSPS) is 10.2. The fraction of sp³-hybridized carbons (Fsp3) is 0.625. The molecule has 0 aliphatic heterocycles. The van der Waals surface area contributed by atoms with Gasteiger partial charge < -0.3 is 15.8 Å². The van der Waals surface area contributed by atoms with Crippen molar-refractivity contribution in [3.05, 3.63) is 6.20 Å². The summed E-state index contributed by atoms with van der Waals surface area (Å²) in [6, 6.07) is 0. The quantitative estimate of drug-likeness (QED) is 0.572. The van der Waals surface area contributed by atoms with Crippen LogP contribution in [0.5, 0.6) is 0 Å². The number of anilines is 2. The van der Waals surface area contributed by atoms with Crippen molar-refractivity contribution in [1.29, 1.82) is 0 Å². The van der Waals surface area contributed by atoms with Crippen LogP contribution in [0.3, 0.4) is 0 Å². The van der Waals surface area contributed by atoms with Crippen LogP contribution >= 0.6 is 0 Å². The highest BCUT2D eigenvalue weighted by Gasteiger charge is 1.98. The van der Waals surface area contributed by atoms with E-state index in [1.165, 1.54) is 0 Å². The maximum atomic E-state index is 5.58. The summed E-state index contributed by atoms with van der Waals surface area (Å²) in [5.41, 5.74) is 6.45. The first kappa shape index (κ1) is 9.85. The molecule has 0 unspecified atom stereocenters. The van der Waals surface area contributed by atoms with Crippen LogP contribution in [0.15, 0.2) is 6.20 Å². The summed E-state index contributed by atoms with van der Waals surface area (Å²) in [6.07, 6.45) is 3.81. The Morgan fingerprint density at radius 2 is 2.46 bits per heavy atom. The number of hydrogen-bond donors (Lipinski definition) is 3. The van der Waals surface area contributed by atoms with Crippen LogP contribution < -0.4 is 11.1 Å². The summed E-state index contributed by atoms with van der Waals surface area (Å²) in [6.45, 7) is 1.70. The van der Waals surface area contributed by atoms with Crippen LogP contribution in [0.25, 0.3) is 0 Å². The van der Waals surface area contributed by atoms with E-state index >= 15 is 0 Å². The lowest BCUT2D eigenvalue weighted by Crippen LogP contribution is -2.04. The number of nitrogen functional groups attached to an aromatic ring is 1. The Kier molecular flexibility index (Phi) is 4.11. The number of nitrogens with one attached hydrogen (secondary N) is 2. The number of unbranched alkanes of at least 4 members (excludes halogenated alkanes) is 1. The van der Waals surface area contributed by atoms with E-state index < -0.39 is 0 Å². The second-order valence-corrected chi connectivity index (χ2v) is 2.82. The lowest BCUT2D eigenvalue weighted by atomic mass is 10.3. The summed E-state index contributed by atoms with van der Waals surface area (Å²) in [4.78, 5) is 0. The Bertz CT molecular complexity index is 236. The van der Waals surface area contributed by atoms with E-state index in [9.17, 15) is 0 Å². The Morgan fingerprint density at radius 3 is 3.08 bits per heavy atom. The molecule has 1 aromatic heterocycles. The van der Waals surface area contributed by atoms with E-state index in [0.29, 0.717) is 5.82 Å². The van der Waals surface area contributed by atoms with Crippen molar-refractivity contribution in [2.45, 2.75) is 12.8 Å². The third kappa shape index (κ3) is 3.33. The van der Waals surface area contributed by atoms with Gasteiger partial charge >= 0.3 is 0 Å². The zero-order chi connectivity index (χ0) is 9.52. The summed E-state index contributed by atoms with van der Waals surface area (Å²) in [7, 11) is 1.71. The van der Waals surface area contributed by atoms with Gasteiger partial charge in [0.25, 0.3) is 0 Å². The van der Waals surface area contributed by atoms with Crippen LogP contribution in [0.2, 0.25) is 0 Å². The highest BCUT2D eigenvalue weighted by Crippen LogP contribution is 2.12. The lowest BCUT2D eigenvalue weighted by Gasteiger charge is -2.03. The van der Waals surface area contributed by atoms with Gasteiger partial charge in [0.15, 0.2) is 0 Å². The molecule has 0 aliphatic carbocycles. The number of methoxy groups -OCH3 is 1. The van der Waals surface area contributed by atoms with Gasteiger partial charge in [0.05, 0.1) is 11.9 Å². The first-order chi connectivity index (χ1) is 6.34. The Hall–Kier alpha value is -1.23. The Labute approximate surface area is 77.7 Å². The molecule has 0 aromatic carbocycles. The highest BCUT2D eigenvalue weighted by atomic mass is 16.5. The largest absolute Gasteiger partial charge is 0.385 e. The molecular weight excluding hydrogens is 168 g/mol. The van der Waals surface area contributed by atoms with Crippen molar-refractivity contribution in [2.24, 2.45) is 0 Å². The zero-order valence-corrected chi connectivity index (χ0v) is 7.84. The Balaban J connectivity index is 2.10. The minimum absolute atomic E-state index is 0.590. The molecule has 0 radical (unpaired) electrons. The number of nitrogens with zero attached hydrogens (tertiary/aromatic N) is 1. The molecule has 1 heterocycles. The molecule has 1 rings (SSSR count). The molecule has 0 saturated carbocycles. The fourth-order valence-electron chi connectivity index (χ4n) is 1.03. The van der Waals surface area contributed by atoms with Crippen molar-refractivity contribution in [3.63, 3.8) is 0 Å². The summed E-state index contributed by atoms with van der Waals surface area (Å²) in [5.74, 6) is 0.590. The molecule has 5 heteroatoms. The predicted octanol–water partition coefficient (Wildman–Crippen LogP) is 0.830. The molecule has 5 nitrogen and oxygen atoms in total. The monoisotopic (exact) mass is 184 g/mol. The molecule has 0 fully saturated rings. The van der Waals surface area contributed by atoms with Crippen LogP contribution in [-0.2, 0) is 4.74 Å². The van der Waals surface area contributed by atoms with Crippen molar-refractivity contribution in [1.82, 2.24) is 10.2 Å². The first-order valence-corrected chi connectivity index (χ1v) is 4.36. The summed E-state index contributed by atoms with van der Waals surface area (Å²) in [5, 5.41) is 9.64. The van der Waals surface area contributed by atoms with Gasteiger partial charge in [0.2, 0.25) is 0 Å². The number of aromatic amines is 1. The number of aromatic nitrogens is 2. The lowest BCUT2D eigenvalue weighted by molar-refractivity contribution is 0.194. The third-order valence-corrected chi connectivity index (χ3v) is 1.76. The van der Waals surface area contributed by atoms with Crippen molar-refractivity contribution in [3.8, 4) is 0 Å². The van der Waals surface area contributed by atoms with Crippen molar-refractivity contribution in [2.75, 3.05) is 31.3 Å². The Morgan fingerprint density at radius 1 is 1.62 bits per heavy atom. The molecule has 0 atom stereocenters. The van der Waals surface area contributed by atoms with Gasteiger partial charge in [-0.15, -0.1) is 0 Å². The second-order valence-electron chi connectivity index (χ2n) is 2.82. The minimum atomic E-state index is 0.590. The maximum Gasteiger partial charge on any atom is 0.142 e. The van der Waals surface area contributed by atoms with Crippen molar-refractivity contribution < 1.29 is 4.74 Å². The average molecular weight is 184 g/mol. The predicted molar refractivity (Wildman–Crippen MR) is 52.6 cm³/mol. The van der Waals surface area contributed by atoms with Gasteiger partial charge in [0.1, 0.15) is 5.82 Å². The third-order valence-electron chi connectivity index (χ3n) is 1.76. The number of ether oxygens (including phenoxy) is 1. The van der Waals surface area contributed by atoms with E-state index in [1.54, 1.807) is 13.3 Å². The number of hydrogen-bond acceptors (Lipinski definition) is 4. The van der Waals surface area contributed by atoms with Gasteiger partial charge in [-0.25, -0.2) is 0 Å². The molecule has 13 heavy (non-hydrogen) atoms. The fourth-order valence-corrected chi connectivity index (χ4v) is 1.03. The first-order valence-electron chi connectivity index (χ1n) is 4.36. The van der Waals surface area contributed by atoms with Crippen LogP contribution in [-0.4, -0.2) is 30.5 Å². The molecule has 74 valence electrons. The van der Waals surface area contributed by atoms with Gasteiger partial charge in [-0.1, -0.05) is 0 Å². The molecular formula is C8H16N4O. The molecule has 0 amide bonds. The molecule has 0 spiro atoms. The van der Waals surface area contributed by atoms with E-state index in [2.05, 4.69) is 15.5 Å². The van der Waals surface area contributed by atoms with E-state index in [1.807, 2.05) is 0 Å². The second kappa shape index (κ2) is 5.42. The molecule has 0 saturated heterocycles. The summed E-state index contributed by atoms with van der Waals surface area (Å²) < 4.78 is 4.93.